The summed E-state index contributed by atoms with van der Waals surface area (Å²) < 4.78 is 4.61. The summed E-state index contributed by atoms with van der Waals surface area (Å²) in [5, 5.41) is 2.61. The van der Waals surface area contributed by atoms with Crippen LogP contribution in [0.3, 0.4) is 0 Å². The molecule has 1 atom stereocenters. The third kappa shape index (κ3) is 7.16. The summed E-state index contributed by atoms with van der Waals surface area (Å²) in [5.41, 5.74) is 4.97. The van der Waals surface area contributed by atoms with Gasteiger partial charge in [0.15, 0.2) is 0 Å². The van der Waals surface area contributed by atoms with E-state index in [1.54, 1.807) is 0 Å². The zero-order chi connectivity index (χ0) is 14.1. The highest BCUT2D eigenvalue weighted by Crippen LogP contribution is 2.06. The van der Waals surface area contributed by atoms with E-state index < -0.39 is 17.9 Å². The molecular formula is C11H20N2O4S. The van der Waals surface area contributed by atoms with E-state index in [0.717, 1.165) is 0 Å². The lowest BCUT2D eigenvalue weighted by Crippen LogP contribution is -2.45. The number of carbonyl (C=O) groups excluding carboxylic acids is 3. The summed E-state index contributed by atoms with van der Waals surface area (Å²) in [7, 11) is 1.28. The van der Waals surface area contributed by atoms with E-state index in [1.807, 2.05) is 13.8 Å². The van der Waals surface area contributed by atoms with Gasteiger partial charge in [-0.05, 0) is 5.92 Å². The van der Waals surface area contributed by atoms with Gasteiger partial charge < -0.3 is 15.8 Å². The molecule has 0 bridgehead atoms. The second-order valence-corrected chi connectivity index (χ2v) is 5.19. The molecule has 1 unspecified atom stereocenters. The van der Waals surface area contributed by atoms with Crippen molar-refractivity contribution in [2.24, 2.45) is 11.7 Å². The van der Waals surface area contributed by atoms with Crippen molar-refractivity contribution in [2.75, 3.05) is 18.6 Å². The van der Waals surface area contributed by atoms with Crippen molar-refractivity contribution in [2.45, 2.75) is 26.3 Å². The zero-order valence-corrected chi connectivity index (χ0v) is 11.7. The van der Waals surface area contributed by atoms with Gasteiger partial charge in [-0.1, -0.05) is 13.8 Å². The predicted octanol–water partition coefficient (Wildman–Crippen LogP) is -0.0912. The largest absolute Gasteiger partial charge is 0.467 e. The number of methoxy groups -OCH3 is 1. The van der Waals surface area contributed by atoms with Gasteiger partial charge in [0.25, 0.3) is 0 Å². The molecule has 0 heterocycles. The maximum absolute atomic E-state index is 11.6. The van der Waals surface area contributed by atoms with Crippen LogP contribution in [0.5, 0.6) is 0 Å². The molecule has 6 nitrogen and oxygen atoms in total. The zero-order valence-electron chi connectivity index (χ0n) is 10.9. The Morgan fingerprint density at radius 3 is 2.39 bits per heavy atom. The molecule has 0 fully saturated rings. The minimum Gasteiger partial charge on any atom is -0.467 e. The van der Waals surface area contributed by atoms with E-state index in [-0.39, 0.29) is 24.0 Å². The lowest BCUT2D eigenvalue weighted by Gasteiger charge is -2.19. The molecule has 7 heteroatoms. The van der Waals surface area contributed by atoms with Gasteiger partial charge >= 0.3 is 5.97 Å². The van der Waals surface area contributed by atoms with Gasteiger partial charge in [-0.2, -0.15) is 11.8 Å². The number of rotatable bonds is 8. The van der Waals surface area contributed by atoms with Crippen molar-refractivity contribution in [1.82, 2.24) is 5.32 Å². The molecule has 104 valence electrons. The SMILES string of the molecule is COC(=O)C(NC(=O)CCSCC(N)=O)C(C)C. The summed E-state index contributed by atoms with van der Waals surface area (Å²) in [6.45, 7) is 3.65. The van der Waals surface area contributed by atoms with E-state index in [0.29, 0.717) is 5.75 Å². The minimum atomic E-state index is -0.636. The van der Waals surface area contributed by atoms with Crippen LogP contribution in [0.2, 0.25) is 0 Å². The fourth-order valence-corrected chi connectivity index (χ4v) is 1.88. The standard InChI is InChI=1S/C11H20N2O4S/c1-7(2)10(11(16)17-3)13-9(15)4-5-18-6-8(12)14/h7,10H,4-6H2,1-3H3,(H2,12,14)(H,13,15). The van der Waals surface area contributed by atoms with E-state index in [1.165, 1.54) is 18.9 Å². The number of ether oxygens (including phenoxy) is 1. The summed E-state index contributed by atoms with van der Waals surface area (Å²) in [5.74, 6) is -0.465. The van der Waals surface area contributed by atoms with Crippen LogP contribution in [0.1, 0.15) is 20.3 Å². The number of hydrogen-bond acceptors (Lipinski definition) is 5. The van der Waals surface area contributed by atoms with Crippen molar-refractivity contribution in [3.05, 3.63) is 0 Å². The van der Waals surface area contributed by atoms with Gasteiger partial charge in [0.1, 0.15) is 6.04 Å². The van der Waals surface area contributed by atoms with Crippen molar-refractivity contribution < 1.29 is 19.1 Å². The van der Waals surface area contributed by atoms with Gasteiger partial charge in [0.05, 0.1) is 12.9 Å². The molecule has 0 aliphatic heterocycles. The highest BCUT2D eigenvalue weighted by Gasteiger charge is 2.24. The molecule has 2 amide bonds. The first kappa shape index (κ1) is 16.8. The number of carbonyl (C=O) groups is 3. The van der Waals surface area contributed by atoms with Crippen LogP contribution in [-0.2, 0) is 19.1 Å². The lowest BCUT2D eigenvalue weighted by atomic mass is 10.0. The first-order valence-corrected chi connectivity index (χ1v) is 6.77. The molecule has 0 aromatic heterocycles. The Morgan fingerprint density at radius 1 is 1.33 bits per heavy atom. The van der Waals surface area contributed by atoms with Crippen LogP contribution < -0.4 is 11.1 Å². The number of nitrogens with two attached hydrogens (primary N) is 1. The molecule has 0 rings (SSSR count). The maximum Gasteiger partial charge on any atom is 0.328 e. The van der Waals surface area contributed by atoms with Crippen LogP contribution in [0.25, 0.3) is 0 Å². The third-order valence-corrected chi connectivity index (χ3v) is 3.14. The van der Waals surface area contributed by atoms with Crippen LogP contribution >= 0.6 is 11.8 Å². The Labute approximate surface area is 111 Å². The normalized spacial score (nSPS) is 12.0. The van der Waals surface area contributed by atoms with Gasteiger partial charge in [-0.25, -0.2) is 4.79 Å². The topological polar surface area (TPSA) is 98.5 Å². The van der Waals surface area contributed by atoms with Crippen LogP contribution in [0, 0.1) is 5.92 Å². The first-order valence-electron chi connectivity index (χ1n) is 5.61. The van der Waals surface area contributed by atoms with Crippen LogP contribution in [0.15, 0.2) is 0 Å². The number of primary amides is 1. The molecule has 0 aliphatic carbocycles. The van der Waals surface area contributed by atoms with E-state index in [9.17, 15) is 14.4 Å². The highest BCUT2D eigenvalue weighted by atomic mass is 32.2. The smallest absolute Gasteiger partial charge is 0.328 e. The van der Waals surface area contributed by atoms with Crippen molar-refractivity contribution in [1.29, 1.82) is 0 Å². The number of hydrogen-bond donors (Lipinski definition) is 2. The highest BCUT2D eigenvalue weighted by molar-refractivity contribution is 7.99. The molecule has 18 heavy (non-hydrogen) atoms. The number of thioether (sulfide) groups is 1. The summed E-state index contributed by atoms with van der Waals surface area (Å²) in [4.78, 5) is 33.5. The average Bonchev–Trinajstić information content (AvgIpc) is 2.30. The monoisotopic (exact) mass is 276 g/mol. The lowest BCUT2D eigenvalue weighted by molar-refractivity contribution is -0.146. The Hall–Kier alpha value is -1.24. The molecule has 0 aliphatic rings. The van der Waals surface area contributed by atoms with Gasteiger partial charge in [-0.3, -0.25) is 9.59 Å². The number of amides is 2. The fourth-order valence-electron chi connectivity index (χ4n) is 1.21. The molecule has 0 saturated heterocycles. The predicted molar refractivity (Wildman–Crippen MR) is 69.9 cm³/mol. The average molecular weight is 276 g/mol. The Bertz CT molecular complexity index is 307. The number of nitrogens with one attached hydrogen (secondary N) is 1. The summed E-state index contributed by atoms with van der Waals surface area (Å²) in [6.07, 6.45) is 0.234. The van der Waals surface area contributed by atoms with Crippen LogP contribution in [0.4, 0.5) is 0 Å². The Morgan fingerprint density at radius 2 is 1.94 bits per heavy atom. The van der Waals surface area contributed by atoms with Crippen molar-refractivity contribution in [3.63, 3.8) is 0 Å². The second kappa shape index (κ2) is 8.79. The molecule has 0 saturated carbocycles. The minimum absolute atomic E-state index is 0.0420. The third-order valence-electron chi connectivity index (χ3n) is 2.16. The fraction of sp³-hybridized carbons (Fsp3) is 0.727. The summed E-state index contributed by atoms with van der Waals surface area (Å²) in [6, 6.07) is -0.636. The van der Waals surface area contributed by atoms with Gasteiger partial charge in [-0.15, -0.1) is 0 Å². The van der Waals surface area contributed by atoms with E-state index >= 15 is 0 Å². The summed E-state index contributed by atoms with van der Waals surface area (Å²) >= 11 is 1.29. The van der Waals surface area contributed by atoms with Crippen LogP contribution in [-0.4, -0.2) is 42.4 Å². The molecule has 0 aromatic carbocycles. The molecule has 0 aromatic rings. The maximum atomic E-state index is 11.6. The first-order chi connectivity index (χ1) is 8.38. The second-order valence-electron chi connectivity index (χ2n) is 4.08. The van der Waals surface area contributed by atoms with E-state index in [4.69, 9.17) is 5.73 Å². The van der Waals surface area contributed by atoms with Gasteiger partial charge in [0, 0.05) is 12.2 Å². The van der Waals surface area contributed by atoms with E-state index in [2.05, 4.69) is 10.1 Å². The Balaban J connectivity index is 4.03. The van der Waals surface area contributed by atoms with Gasteiger partial charge in [0.2, 0.25) is 11.8 Å². The molecule has 3 N–H and O–H groups in total. The molecule has 0 spiro atoms. The number of esters is 1. The quantitative estimate of drug-likeness (QED) is 0.477. The van der Waals surface area contributed by atoms with Crippen molar-refractivity contribution >= 4 is 29.5 Å². The molecular weight excluding hydrogens is 256 g/mol. The Kier molecular flexibility index (Phi) is 8.19. The van der Waals surface area contributed by atoms with Crippen molar-refractivity contribution in [3.8, 4) is 0 Å². The molecule has 0 radical (unpaired) electrons.